The number of hydrogen-bond donors (Lipinski definition) is 2. The molecule has 2 unspecified atom stereocenters. The average Bonchev–Trinajstić information content (AvgIpc) is 2.29. The first-order chi connectivity index (χ1) is 5.05. The zero-order valence-corrected chi connectivity index (χ0v) is 7.38. The summed E-state index contributed by atoms with van der Waals surface area (Å²) in [5, 5.41) is 9.63. The number of likely N-dealkylation sites (tertiary alicyclic amines) is 1. The Labute approximate surface area is 68.2 Å². The average molecular weight is 158 g/mol. The van der Waals surface area contributed by atoms with Gasteiger partial charge in [-0.2, -0.15) is 0 Å². The van der Waals surface area contributed by atoms with E-state index in [1.165, 1.54) is 0 Å². The highest BCUT2D eigenvalue weighted by atomic mass is 16.3. The maximum Gasteiger partial charge on any atom is 0.0758 e. The van der Waals surface area contributed by atoms with Gasteiger partial charge >= 0.3 is 0 Å². The lowest BCUT2D eigenvalue weighted by molar-refractivity contribution is 0.0640. The molecule has 3 heteroatoms. The molecule has 1 heterocycles. The third-order valence-corrected chi connectivity index (χ3v) is 2.45. The predicted octanol–water partition coefficient (Wildman–Crippen LogP) is -0.210. The third-order valence-electron chi connectivity index (χ3n) is 2.45. The second-order valence-electron chi connectivity index (χ2n) is 3.80. The molecular weight excluding hydrogens is 140 g/mol. The van der Waals surface area contributed by atoms with Crippen molar-refractivity contribution >= 4 is 0 Å². The zero-order valence-electron chi connectivity index (χ0n) is 7.38. The lowest BCUT2D eigenvalue weighted by Crippen LogP contribution is -2.39. The monoisotopic (exact) mass is 158 g/mol. The molecule has 0 aromatic heterocycles. The Bertz CT molecular complexity index is 136. The van der Waals surface area contributed by atoms with Gasteiger partial charge in [-0.1, -0.05) is 0 Å². The van der Waals surface area contributed by atoms with Gasteiger partial charge in [0, 0.05) is 25.7 Å². The quantitative estimate of drug-likeness (QED) is 0.584. The summed E-state index contributed by atoms with van der Waals surface area (Å²) in [6, 6.07) is 0.406. The number of rotatable bonds is 2. The van der Waals surface area contributed by atoms with Crippen LogP contribution in [0.1, 0.15) is 20.3 Å². The molecule has 3 nitrogen and oxygen atoms in total. The summed E-state index contributed by atoms with van der Waals surface area (Å²) in [6.45, 7) is 6.41. The van der Waals surface area contributed by atoms with Crippen molar-refractivity contribution in [1.82, 2.24) is 4.90 Å². The first-order valence-corrected chi connectivity index (χ1v) is 4.22. The minimum Gasteiger partial charge on any atom is -0.389 e. The molecule has 0 aliphatic carbocycles. The molecule has 11 heavy (non-hydrogen) atoms. The van der Waals surface area contributed by atoms with E-state index in [1.807, 2.05) is 6.92 Å². The highest BCUT2D eigenvalue weighted by Gasteiger charge is 2.32. The Morgan fingerprint density at radius 3 is 2.73 bits per heavy atom. The molecule has 1 aliphatic rings. The zero-order chi connectivity index (χ0) is 8.48. The summed E-state index contributed by atoms with van der Waals surface area (Å²) < 4.78 is 0. The van der Waals surface area contributed by atoms with E-state index < -0.39 is 5.60 Å². The molecule has 0 saturated carbocycles. The molecule has 66 valence electrons. The van der Waals surface area contributed by atoms with Crippen LogP contribution in [0, 0.1) is 0 Å². The van der Waals surface area contributed by atoms with Crippen LogP contribution in [-0.4, -0.2) is 41.3 Å². The SMILES string of the molecule is CC(CN)N1CCC(C)(O)C1. The summed E-state index contributed by atoms with van der Waals surface area (Å²) in [5.74, 6) is 0. The fraction of sp³-hybridized carbons (Fsp3) is 1.00. The molecule has 0 amide bonds. The van der Waals surface area contributed by atoms with Crippen LogP contribution < -0.4 is 5.73 Å². The van der Waals surface area contributed by atoms with Crippen molar-refractivity contribution in [2.45, 2.75) is 31.9 Å². The van der Waals surface area contributed by atoms with E-state index in [9.17, 15) is 5.11 Å². The minimum absolute atomic E-state index is 0.406. The lowest BCUT2D eigenvalue weighted by atomic mass is 10.1. The van der Waals surface area contributed by atoms with Crippen molar-refractivity contribution in [2.24, 2.45) is 5.73 Å². The van der Waals surface area contributed by atoms with Crippen molar-refractivity contribution in [3.05, 3.63) is 0 Å². The van der Waals surface area contributed by atoms with Crippen LogP contribution in [-0.2, 0) is 0 Å². The van der Waals surface area contributed by atoms with Gasteiger partial charge in [-0.15, -0.1) is 0 Å². The summed E-state index contributed by atoms with van der Waals surface area (Å²) in [7, 11) is 0. The first-order valence-electron chi connectivity index (χ1n) is 4.22. The normalized spacial score (nSPS) is 36.0. The summed E-state index contributed by atoms with van der Waals surface area (Å²) in [5.41, 5.74) is 5.03. The smallest absolute Gasteiger partial charge is 0.0758 e. The maximum atomic E-state index is 9.63. The van der Waals surface area contributed by atoms with Gasteiger partial charge in [0.15, 0.2) is 0 Å². The van der Waals surface area contributed by atoms with Crippen LogP contribution in [0.2, 0.25) is 0 Å². The highest BCUT2D eigenvalue weighted by molar-refractivity contribution is 4.88. The molecule has 3 N–H and O–H groups in total. The Morgan fingerprint density at radius 2 is 2.36 bits per heavy atom. The van der Waals surface area contributed by atoms with E-state index in [0.29, 0.717) is 12.6 Å². The van der Waals surface area contributed by atoms with E-state index in [-0.39, 0.29) is 0 Å². The molecule has 0 aromatic rings. The molecule has 1 aliphatic heterocycles. The van der Waals surface area contributed by atoms with Crippen LogP contribution in [0.25, 0.3) is 0 Å². The van der Waals surface area contributed by atoms with Gasteiger partial charge in [-0.25, -0.2) is 0 Å². The van der Waals surface area contributed by atoms with Gasteiger partial charge in [0.1, 0.15) is 0 Å². The minimum atomic E-state index is -0.483. The van der Waals surface area contributed by atoms with Crippen LogP contribution in [0.5, 0.6) is 0 Å². The van der Waals surface area contributed by atoms with Crippen LogP contribution in [0.4, 0.5) is 0 Å². The second-order valence-corrected chi connectivity index (χ2v) is 3.80. The molecule has 0 aromatic carbocycles. The topological polar surface area (TPSA) is 49.5 Å². The van der Waals surface area contributed by atoms with Crippen molar-refractivity contribution < 1.29 is 5.11 Å². The Morgan fingerprint density at radius 1 is 1.73 bits per heavy atom. The lowest BCUT2D eigenvalue weighted by Gasteiger charge is -2.23. The summed E-state index contributed by atoms with van der Waals surface area (Å²) in [4.78, 5) is 2.24. The van der Waals surface area contributed by atoms with Crippen molar-refractivity contribution in [2.75, 3.05) is 19.6 Å². The third kappa shape index (κ3) is 2.15. The molecule has 1 rings (SSSR count). The molecule has 0 spiro atoms. The fourth-order valence-corrected chi connectivity index (χ4v) is 1.51. The number of hydrogen-bond acceptors (Lipinski definition) is 3. The van der Waals surface area contributed by atoms with Gasteiger partial charge < -0.3 is 10.8 Å². The van der Waals surface area contributed by atoms with Crippen molar-refractivity contribution in [1.29, 1.82) is 0 Å². The number of nitrogens with two attached hydrogens (primary N) is 1. The van der Waals surface area contributed by atoms with Crippen LogP contribution in [0.3, 0.4) is 0 Å². The van der Waals surface area contributed by atoms with Crippen LogP contribution in [0.15, 0.2) is 0 Å². The van der Waals surface area contributed by atoms with E-state index >= 15 is 0 Å². The molecule has 1 fully saturated rings. The molecule has 2 atom stereocenters. The fourth-order valence-electron chi connectivity index (χ4n) is 1.51. The number of nitrogens with zero attached hydrogens (tertiary/aromatic N) is 1. The van der Waals surface area contributed by atoms with E-state index in [0.717, 1.165) is 19.5 Å². The van der Waals surface area contributed by atoms with E-state index in [1.54, 1.807) is 0 Å². The highest BCUT2D eigenvalue weighted by Crippen LogP contribution is 2.21. The Hall–Kier alpha value is -0.120. The van der Waals surface area contributed by atoms with Gasteiger partial charge in [-0.05, 0) is 20.3 Å². The van der Waals surface area contributed by atoms with Gasteiger partial charge in [0.05, 0.1) is 5.60 Å². The summed E-state index contributed by atoms with van der Waals surface area (Å²) in [6.07, 6.45) is 0.872. The van der Waals surface area contributed by atoms with Gasteiger partial charge in [-0.3, -0.25) is 4.90 Å². The number of β-amino-alcohol motifs (C(OH)–C–C–N with tert-alkyl or cyclic N) is 1. The van der Waals surface area contributed by atoms with Crippen LogP contribution >= 0.6 is 0 Å². The molecular formula is C8H18N2O. The molecule has 0 bridgehead atoms. The van der Waals surface area contributed by atoms with Crippen molar-refractivity contribution in [3.8, 4) is 0 Å². The molecule has 0 radical (unpaired) electrons. The van der Waals surface area contributed by atoms with Gasteiger partial charge in [0.25, 0.3) is 0 Å². The van der Waals surface area contributed by atoms with E-state index in [4.69, 9.17) is 5.73 Å². The molecule has 1 saturated heterocycles. The number of aliphatic hydroxyl groups is 1. The van der Waals surface area contributed by atoms with Crippen molar-refractivity contribution in [3.63, 3.8) is 0 Å². The predicted molar refractivity (Wildman–Crippen MR) is 45.3 cm³/mol. The maximum absolute atomic E-state index is 9.63. The Balaban J connectivity index is 2.41. The largest absolute Gasteiger partial charge is 0.389 e. The van der Waals surface area contributed by atoms with E-state index in [2.05, 4.69) is 11.8 Å². The first kappa shape index (κ1) is 8.97. The second kappa shape index (κ2) is 3.09. The van der Waals surface area contributed by atoms with Gasteiger partial charge in [0.2, 0.25) is 0 Å². The standard InChI is InChI=1S/C8H18N2O/c1-7(5-9)10-4-3-8(2,11)6-10/h7,11H,3-6,9H2,1-2H3. The summed E-state index contributed by atoms with van der Waals surface area (Å²) >= 11 is 0. The Kier molecular flexibility index (Phi) is 2.52.